The van der Waals surface area contributed by atoms with E-state index in [-0.39, 0.29) is 17.0 Å². The number of rotatable bonds is 6. The molecule has 6 heteroatoms. The highest BCUT2D eigenvalue weighted by Crippen LogP contribution is 2.18. The van der Waals surface area contributed by atoms with Gasteiger partial charge in [0, 0.05) is 44.5 Å². The number of aromatic nitrogens is 1. The van der Waals surface area contributed by atoms with E-state index in [1.807, 2.05) is 31.2 Å². The van der Waals surface area contributed by atoms with Gasteiger partial charge in [0.05, 0.1) is 6.07 Å². The number of hydrogen-bond donors (Lipinski definition) is 0. The maximum absolute atomic E-state index is 13.3. The van der Waals surface area contributed by atoms with Crippen LogP contribution in [0.2, 0.25) is 0 Å². The minimum atomic E-state index is -0.266. The Morgan fingerprint density at radius 2 is 1.90 bits per heavy atom. The van der Waals surface area contributed by atoms with Crippen molar-refractivity contribution in [1.29, 1.82) is 5.26 Å². The van der Waals surface area contributed by atoms with Crippen molar-refractivity contribution in [3.8, 4) is 11.8 Å². The van der Waals surface area contributed by atoms with Crippen molar-refractivity contribution >= 4 is 5.91 Å². The zero-order valence-corrected chi connectivity index (χ0v) is 18.1. The highest BCUT2D eigenvalue weighted by molar-refractivity contribution is 5.95. The van der Waals surface area contributed by atoms with Crippen LogP contribution in [0, 0.1) is 18.3 Å². The molecule has 0 atom stereocenters. The van der Waals surface area contributed by atoms with Crippen molar-refractivity contribution < 1.29 is 4.79 Å². The first-order valence-electron chi connectivity index (χ1n) is 10.6. The highest BCUT2D eigenvalue weighted by Gasteiger charge is 2.26. The number of aryl methyl sites for hydroxylation is 1. The SMILES string of the molecule is Cc1ccn(-c2cccc(C(C)C)c2)c(=O)c1C(=O)N1CCN(CCCC#N)CC1. The number of amides is 1. The summed E-state index contributed by atoms with van der Waals surface area (Å²) in [5, 5.41) is 8.68. The molecule has 1 saturated heterocycles. The highest BCUT2D eigenvalue weighted by atomic mass is 16.2. The lowest BCUT2D eigenvalue weighted by molar-refractivity contribution is 0.0633. The molecule has 30 heavy (non-hydrogen) atoms. The number of nitrogens with zero attached hydrogens (tertiary/aromatic N) is 4. The Kier molecular flexibility index (Phi) is 7.07. The zero-order valence-electron chi connectivity index (χ0n) is 18.1. The van der Waals surface area contributed by atoms with E-state index >= 15 is 0 Å². The number of piperazine rings is 1. The van der Waals surface area contributed by atoms with Crippen molar-refractivity contribution in [1.82, 2.24) is 14.4 Å². The van der Waals surface area contributed by atoms with Crippen LogP contribution in [0.3, 0.4) is 0 Å². The van der Waals surface area contributed by atoms with Crippen molar-refractivity contribution in [3.63, 3.8) is 0 Å². The van der Waals surface area contributed by atoms with Gasteiger partial charge in [-0.3, -0.25) is 19.1 Å². The van der Waals surface area contributed by atoms with Gasteiger partial charge in [0.15, 0.2) is 0 Å². The van der Waals surface area contributed by atoms with Crippen LogP contribution in [0.15, 0.2) is 41.3 Å². The zero-order chi connectivity index (χ0) is 21.7. The van der Waals surface area contributed by atoms with Gasteiger partial charge in [-0.1, -0.05) is 26.0 Å². The van der Waals surface area contributed by atoms with E-state index in [9.17, 15) is 9.59 Å². The van der Waals surface area contributed by atoms with Crippen molar-refractivity contribution in [2.45, 2.75) is 39.5 Å². The predicted molar refractivity (Wildman–Crippen MR) is 118 cm³/mol. The summed E-state index contributed by atoms with van der Waals surface area (Å²) in [6.07, 6.45) is 3.16. The lowest BCUT2D eigenvalue weighted by Gasteiger charge is -2.34. The first-order valence-corrected chi connectivity index (χ1v) is 10.6. The third-order valence-corrected chi connectivity index (χ3v) is 5.75. The molecule has 1 fully saturated rings. The monoisotopic (exact) mass is 406 g/mol. The molecule has 0 N–H and O–H groups in total. The Labute approximate surface area is 178 Å². The molecule has 1 aliphatic heterocycles. The molecule has 0 spiro atoms. The van der Waals surface area contributed by atoms with Crippen LogP contribution < -0.4 is 5.56 Å². The summed E-state index contributed by atoms with van der Waals surface area (Å²) in [6.45, 7) is 9.67. The Bertz CT molecular complexity index is 995. The molecule has 0 bridgehead atoms. The van der Waals surface area contributed by atoms with Gasteiger partial charge in [0.1, 0.15) is 5.56 Å². The fourth-order valence-electron chi connectivity index (χ4n) is 3.84. The van der Waals surface area contributed by atoms with Gasteiger partial charge in [0.2, 0.25) is 0 Å². The number of benzene rings is 1. The fourth-order valence-corrected chi connectivity index (χ4v) is 3.84. The average Bonchev–Trinajstić information content (AvgIpc) is 2.74. The summed E-state index contributed by atoms with van der Waals surface area (Å²) in [7, 11) is 0. The molecule has 1 aromatic heterocycles. The van der Waals surface area contributed by atoms with Gasteiger partial charge >= 0.3 is 0 Å². The van der Waals surface area contributed by atoms with Gasteiger partial charge < -0.3 is 4.90 Å². The maximum Gasteiger partial charge on any atom is 0.268 e. The molecule has 1 amide bonds. The summed E-state index contributed by atoms with van der Waals surface area (Å²) in [4.78, 5) is 30.5. The lowest BCUT2D eigenvalue weighted by atomic mass is 10.0. The van der Waals surface area contributed by atoms with Crippen molar-refractivity contribution in [2.75, 3.05) is 32.7 Å². The standard InChI is InChI=1S/C24H30N4O2/c1-18(2)20-7-6-8-21(17-20)28-12-9-19(3)22(24(28)30)23(29)27-15-13-26(14-16-27)11-5-4-10-25/h6-9,12,17-18H,4-5,11,13-16H2,1-3H3. The smallest absolute Gasteiger partial charge is 0.268 e. The number of carbonyl (C=O) groups excluding carboxylic acids is 1. The first-order chi connectivity index (χ1) is 14.4. The number of hydrogen-bond acceptors (Lipinski definition) is 4. The van der Waals surface area contributed by atoms with Crippen LogP contribution in [0.5, 0.6) is 0 Å². The third-order valence-electron chi connectivity index (χ3n) is 5.75. The molecule has 3 rings (SSSR count). The predicted octanol–water partition coefficient (Wildman–Crippen LogP) is 3.33. The topological polar surface area (TPSA) is 69.3 Å². The summed E-state index contributed by atoms with van der Waals surface area (Å²) in [5.74, 6) is 0.167. The maximum atomic E-state index is 13.3. The van der Waals surface area contributed by atoms with E-state index in [1.165, 1.54) is 0 Å². The van der Waals surface area contributed by atoms with E-state index in [2.05, 4.69) is 30.9 Å². The number of carbonyl (C=O) groups is 1. The number of pyridine rings is 1. The molecule has 6 nitrogen and oxygen atoms in total. The molecule has 2 aromatic rings. The van der Waals surface area contributed by atoms with Gasteiger partial charge in [-0.2, -0.15) is 5.26 Å². The second-order valence-electron chi connectivity index (χ2n) is 8.19. The molecule has 1 aliphatic rings. The minimum Gasteiger partial charge on any atom is -0.336 e. The van der Waals surface area contributed by atoms with Gasteiger partial charge in [0.25, 0.3) is 11.5 Å². The minimum absolute atomic E-state index is 0.191. The fraction of sp³-hybridized carbons (Fsp3) is 0.458. The van der Waals surface area contributed by atoms with Gasteiger partial charge in [-0.15, -0.1) is 0 Å². The van der Waals surface area contributed by atoms with E-state index in [0.29, 0.717) is 31.0 Å². The van der Waals surface area contributed by atoms with E-state index in [4.69, 9.17) is 5.26 Å². The molecule has 0 radical (unpaired) electrons. The van der Waals surface area contributed by atoms with Crippen LogP contribution >= 0.6 is 0 Å². The van der Waals surface area contributed by atoms with Gasteiger partial charge in [-0.05, 0) is 55.1 Å². The van der Waals surface area contributed by atoms with Gasteiger partial charge in [-0.25, -0.2) is 0 Å². The first kappa shape index (κ1) is 21.8. The molecular weight excluding hydrogens is 376 g/mol. The molecule has 2 heterocycles. The van der Waals surface area contributed by atoms with Crippen LogP contribution in [0.4, 0.5) is 0 Å². The molecule has 0 unspecified atom stereocenters. The Balaban J connectivity index is 1.81. The normalized spacial score (nSPS) is 14.7. The number of nitriles is 1. The summed E-state index contributed by atoms with van der Waals surface area (Å²) < 4.78 is 1.57. The average molecular weight is 407 g/mol. The van der Waals surface area contributed by atoms with Crippen LogP contribution in [0.25, 0.3) is 5.69 Å². The molecule has 0 saturated carbocycles. The molecule has 158 valence electrons. The quantitative estimate of drug-likeness (QED) is 0.690. The Morgan fingerprint density at radius 3 is 2.57 bits per heavy atom. The Hall–Kier alpha value is -2.91. The molecule has 0 aliphatic carbocycles. The van der Waals surface area contributed by atoms with Crippen LogP contribution in [-0.4, -0.2) is 53.0 Å². The number of unbranched alkanes of at least 4 members (excludes halogenated alkanes) is 1. The second kappa shape index (κ2) is 9.73. The summed E-state index contributed by atoms with van der Waals surface area (Å²) in [6, 6.07) is 11.9. The van der Waals surface area contributed by atoms with Crippen LogP contribution in [-0.2, 0) is 0 Å². The van der Waals surface area contributed by atoms with E-state index in [0.717, 1.165) is 37.3 Å². The van der Waals surface area contributed by atoms with E-state index < -0.39 is 0 Å². The molecular formula is C24H30N4O2. The summed E-state index contributed by atoms with van der Waals surface area (Å²) >= 11 is 0. The molecule has 1 aromatic carbocycles. The van der Waals surface area contributed by atoms with Crippen molar-refractivity contribution in [2.24, 2.45) is 0 Å². The van der Waals surface area contributed by atoms with E-state index in [1.54, 1.807) is 15.7 Å². The van der Waals surface area contributed by atoms with Crippen molar-refractivity contribution in [3.05, 3.63) is 63.6 Å². The largest absolute Gasteiger partial charge is 0.336 e. The lowest BCUT2D eigenvalue weighted by Crippen LogP contribution is -2.50. The Morgan fingerprint density at radius 1 is 1.17 bits per heavy atom. The van der Waals surface area contributed by atoms with Crippen LogP contribution in [0.1, 0.15) is 54.1 Å². The third kappa shape index (κ3) is 4.80. The second-order valence-corrected chi connectivity index (χ2v) is 8.19. The summed E-state index contributed by atoms with van der Waals surface area (Å²) in [5.41, 5.74) is 2.63.